The van der Waals surface area contributed by atoms with Gasteiger partial charge in [0.1, 0.15) is 7.14 Å². The zero-order chi connectivity index (χ0) is 14.9. The molecule has 0 saturated carbocycles. The topological polar surface area (TPSA) is 17.1 Å². The van der Waals surface area contributed by atoms with Crippen molar-refractivity contribution in [2.75, 3.05) is 6.16 Å². The molecular weight excluding hydrogens is 263 g/mol. The van der Waals surface area contributed by atoms with Gasteiger partial charge in [0.05, 0.1) is 0 Å². The maximum Gasteiger partial charge on any atom is 0.143 e. The molecule has 20 heavy (non-hydrogen) atoms. The summed E-state index contributed by atoms with van der Waals surface area (Å²) in [5, 5.41) is 1.98. The van der Waals surface area contributed by atoms with E-state index in [0.29, 0.717) is 6.16 Å². The molecule has 0 heterocycles. The Bertz CT molecular complexity index is 590. The smallest absolute Gasteiger partial charge is 0.143 e. The molecule has 2 aromatic carbocycles. The molecule has 1 nitrogen and oxygen atoms in total. The van der Waals surface area contributed by atoms with Crippen molar-refractivity contribution in [3.8, 4) is 0 Å². The van der Waals surface area contributed by atoms with E-state index >= 15 is 0 Å². The molecule has 0 bridgehead atoms. The predicted molar refractivity (Wildman–Crippen MR) is 89.2 cm³/mol. The van der Waals surface area contributed by atoms with Crippen LogP contribution in [-0.2, 0) is 4.57 Å². The minimum absolute atomic E-state index is 0.665. The van der Waals surface area contributed by atoms with Crippen LogP contribution in [0.4, 0.5) is 0 Å². The van der Waals surface area contributed by atoms with Crippen LogP contribution in [0.25, 0.3) is 0 Å². The molecule has 0 amide bonds. The Morgan fingerprint density at radius 2 is 1.00 bits per heavy atom. The zero-order valence-electron chi connectivity index (χ0n) is 13.0. The predicted octanol–water partition coefficient (Wildman–Crippen LogP) is 4.25. The van der Waals surface area contributed by atoms with E-state index in [1.54, 1.807) is 0 Å². The van der Waals surface area contributed by atoms with Crippen LogP contribution in [0.2, 0.25) is 0 Å². The van der Waals surface area contributed by atoms with E-state index in [-0.39, 0.29) is 0 Å². The van der Waals surface area contributed by atoms with Gasteiger partial charge in [0, 0.05) is 16.8 Å². The van der Waals surface area contributed by atoms with Gasteiger partial charge in [0.15, 0.2) is 0 Å². The number of rotatable bonds is 3. The fourth-order valence-electron chi connectivity index (χ4n) is 2.83. The SMILES string of the molecule is CCP(=O)(c1cc(C)cc(C)c1)c1cc(C)cc(C)c1. The fourth-order valence-corrected chi connectivity index (χ4v) is 5.51. The van der Waals surface area contributed by atoms with Crippen LogP contribution in [0, 0.1) is 27.7 Å². The first-order valence-corrected chi connectivity index (χ1v) is 9.01. The fraction of sp³-hybridized carbons (Fsp3) is 0.333. The lowest BCUT2D eigenvalue weighted by atomic mass is 10.2. The second-order valence-electron chi connectivity index (χ2n) is 5.75. The van der Waals surface area contributed by atoms with Crippen molar-refractivity contribution >= 4 is 17.8 Å². The minimum atomic E-state index is -2.51. The quantitative estimate of drug-likeness (QED) is 0.771. The van der Waals surface area contributed by atoms with E-state index < -0.39 is 7.14 Å². The van der Waals surface area contributed by atoms with Gasteiger partial charge in [-0.05, 0) is 52.0 Å². The second kappa shape index (κ2) is 5.58. The second-order valence-corrected chi connectivity index (χ2v) is 8.89. The van der Waals surface area contributed by atoms with Crippen molar-refractivity contribution in [3.05, 3.63) is 58.7 Å². The normalized spacial score (nSPS) is 11.7. The summed E-state index contributed by atoms with van der Waals surface area (Å²) in [5.41, 5.74) is 4.72. The van der Waals surface area contributed by atoms with E-state index in [4.69, 9.17) is 0 Å². The third-order valence-corrected chi connectivity index (χ3v) is 6.77. The van der Waals surface area contributed by atoms with Gasteiger partial charge in [-0.1, -0.05) is 41.3 Å². The van der Waals surface area contributed by atoms with Crippen molar-refractivity contribution in [1.29, 1.82) is 0 Å². The Morgan fingerprint density at radius 3 is 1.25 bits per heavy atom. The van der Waals surface area contributed by atoms with Crippen LogP contribution in [0.3, 0.4) is 0 Å². The van der Waals surface area contributed by atoms with Gasteiger partial charge in [-0.25, -0.2) is 0 Å². The first-order chi connectivity index (χ1) is 9.35. The summed E-state index contributed by atoms with van der Waals surface area (Å²) in [6.07, 6.45) is 0.665. The van der Waals surface area contributed by atoms with E-state index in [1.165, 1.54) is 22.3 Å². The molecule has 0 radical (unpaired) electrons. The summed E-state index contributed by atoms with van der Waals surface area (Å²) in [5.74, 6) is 0. The van der Waals surface area contributed by atoms with Gasteiger partial charge < -0.3 is 4.57 Å². The monoisotopic (exact) mass is 286 g/mol. The highest BCUT2D eigenvalue weighted by Crippen LogP contribution is 2.43. The summed E-state index contributed by atoms with van der Waals surface area (Å²) >= 11 is 0. The summed E-state index contributed by atoms with van der Waals surface area (Å²) in [6, 6.07) is 12.6. The Labute approximate surface area is 122 Å². The number of aryl methyl sites for hydroxylation is 4. The molecule has 0 aliphatic heterocycles. The Hall–Kier alpha value is -1.33. The molecule has 2 rings (SSSR count). The molecule has 0 N–H and O–H groups in total. The van der Waals surface area contributed by atoms with Gasteiger partial charge in [0.25, 0.3) is 0 Å². The summed E-state index contributed by atoms with van der Waals surface area (Å²) in [4.78, 5) is 0. The molecule has 106 valence electrons. The van der Waals surface area contributed by atoms with Crippen LogP contribution in [0.5, 0.6) is 0 Å². The average Bonchev–Trinajstić information content (AvgIpc) is 2.35. The van der Waals surface area contributed by atoms with Crippen molar-refractivity contribution in [2.45, 2.75) is 34.6 Å². The minimum Gasteiger partial charge on any atom is -0.314 e. The Kier molecular flexibility index (Phi) is 4.20. The molecule has 0 aromatic heterocycles. The molecular formula is C18H23OP. The molecule has 0 unspecified atom stereocenters. The maximum absolute atomic E-state index is 13.6. The van der Waals surface area contributed by atoms with Gasteiger partial charge in [-0.3, -0.25) is 0 Å². The van der Waals surface area contributed by atoms with Gasteiger partial charge in [-0.15, -0.1) is 0 Å². The maximum atomic E-state index is 13.6. The van der Waals surface area contributed by atoms with Crippen molar-refractivity contribution in [3.63, 3.8) is 0 Å². The Balaban J connectivity index is 2.66. The van der Waals surface area contributed by atoms with E-state index in [9.17, 15) is 4.57 Å². The molecule has 0 aliphatic carbocycles. The van der Waals surface area contributed by atoms with Crippen molar-refractivity contribution < 1.29 is 4.57 Å². The third-order valence-electron chi connectivity index (χ3n) is 3.69. The molecule has 0 fully saturated rings. The highest BCUT2D eigenvalue weighted by Gasteiger charge is 2.25. The largest absolute Gasteiger partial charge is 0.314 e. The average molecular weight is 286 g/mol. The van der Waals surface area contributed by atoms with Crippen LogP contribution in [-0.4, -0.2) is 6.16 Å². The van der Waals surface area contributed by atoms with Crippen LogP contribution >= 0.6 is 7.14 Å². The van der Waals surface area contributed by atoms with Crippen molar-refractivity contribution in [2.24, 2.45) is 0 Å². The first kappa shape index (κ1) is 15.1. The van der Waals surface area contributed by atoms with E-state index in [1.807, 2.05) is 6.92 Å². The number of benzene rings is 2. The molecule has 2 aromatic rings. The zero-order valence-corrected chi connectivity index (χ0v) is 13.9. The van der Waals surface area contributed by atoms with Crippen molar-refractivity contribution in [1.82, 2.24) is 0 Å². The molecule has 0 spiro atoms. The molecule has 0 saturated heterocycles. The molecule has 0 atom stereocenters. The highest BCUT2D eigenvalue weighted by atomic mass is 31.2. The van der Waals surface area contributed by atoms with E-state index in [2.05, 4.69) is 64.1 Å². The van der Waals surface area contributed by atoms with Gasteiger partial charge in [-0.2, -0.15) is 0 Å². The third kappa shape index (κ3) is 2.88. The molecule has 0 aliphatic rings. The highest BCUT2D eigenvalue weighted by molar-refractivity contribution is 7.78. The number of hydrogen-bond acceptors (Lipinski definition) is 1. The standard InChI is InChI=1S/C18H23OP/c1-6-20(19,17-9-13(2)7-14(3)10-17)18-11-15(4)8-16(5)12-18/h7-12H,6H2,1-5H3. The summed E-state index contributed by atoms with van der Waals surface area (Å²) in [6.45, 7) is 10.3. The van der Waals surface area contributed by atoms with Crippen LogP contribution in [0.1, 0.15) is 29.2 Å². The van der Waals surface area contributed by atoms with Crippen LogP contribution < -0.4 is 10.6 Å². The van der Waals surface area contributed by atoms with Gasteiger partial charge in [0.2, 0.25) is 0 Å². The van der Waals surface area contributed by atoms with E-state index in [0.717, 1.165) is 10.6 Å². The Morgan fingerprint density at radius 1 is 0.700 bits per heavy atom. The number of hydrogen-bond donors (Lipinski definition) is 0. The lowest BCUT2D eigenvalue weighted by Gasteiger charge is -2.20. The van der Waals surface area contributed by atoms with Crippen LogP contribution in [0.15, 0.2) is 36.4 Å². The first-order valence-electron chi connectivity index (χ1n) is 7.12. The summed E-state index contributed by atoms with van der Waals surface area (Å²) < 4.78 is 13.6. The lowest BCUT2D eigenvalue weighted by Crippen LogP contribution is -2.19. The lowest BCUT2D eigenvalue weighted by molar-refractivity contribution is 0.587. The summed E-state index contributed by atoms with van der Waals surface area (Å²) in [7, 11) is -2.51. The van der Waals surface area contributed by atoms with Gasteiger partial charge >= 0.3 is 0 Å². The molecule has 2 heteroatoms.